The summed E-state index contributed by atoms with van der Waals surface area (Å²) in [4.78, 5) is 17.4. The van der Waals surface area contributed by atoms with Crippen molar-refractivity contribution >= 4 is 23.2 Å². The minimum absolute atomic E-state index is 0.168. The van der Waals surface area contributed by atoms with Gasteiger partial charge in [-0.25, -0.2) is 0 Å². The highest BCUT2D eigenvalue weighted by Gasteiger charge is 2.22. The first-order valence-corrected chi connectivity index (χ1v) is 9.08. The molecular formula is C22H17ClN4O. The lowest BCUT2D eigenvalue weighted by atomic mass is 9.95. The summed E-state index contributed by atoms with van der Waals surface area (Å²) in [7, 11) is 0. The molecule has 3 N–H and O–H groups in total. The van der Waals surface area contributed by atoms with Crippen molar-refractivity contribution in [2.75, 3.05) is 5.73 Å². The van der Waals surface area contributed by atoms with E-state index in [1.807, 2.05) is 49.4 Å². The predicted molar refractivity (Wildman–Crippen MR) is 111 cm³/mol. The summed E-state index contributed by atoms with van der Waals surface area (Å²) in [6.07, 6.45) is 3.48. The average Bonchev–Trinajstić information content (AvgIpc) is 3.09. The van der Waals surface area contributed by atoms with Crippen LogP contribution in [0.1, 0.15) is 21.5 Å². The fourth-order valence-corrected chi connectivity index (χ4v) is 3.43. The van der Waals surface area contributed by atoms with Gasteiger partial charge in [-0.3, -0.25) is 14.9 Å². The van der Waals surface area contributed by atoms with E-state index in [9.17, 15) is 4.79 Å². The molecule has 0 saturated heterocycles. The van der Waals surface area contributed by atoms with Gasteiger partial charge in [0.25, 0.3) is 0 Å². The number of pyridine rings is 1. The SMILES string of the molecule is Cc1cc(Cl)ccc1-c1[nH]nc(N)c1C(=O)c1cccc(-c2cccnc2)c1. The van der Waals surface area contributed by atoms with Crippen molar-refractivity contribution in [3.05, 3.63) is 88.7 Å². The first kappa shape index (κ1) is 17.9. The van der Waals surface area contributed by atoms with Crippen LogP contribution in [0, 0.1) is 6.92 Å². The lowest BCUT2D eigenvalue weighted by Crippen LogP contribution is -2.06. The van der Waals surface area contributed by atoms with Crippen molar-refractivity contribution in [2.24, 2.45) is 0 Å². The van der Waals surface area contributed by atoms with E-state index in [2.05, 4.69) is 15.2 Å². The first-order chi connectivity index (χ1) is 13.5. The molecule has 2 heterocycles. The van der Waals surface area contributed by atoms with Gasteiger partial charge in [0, 0.05) is 34.1 Å². The second kappa shape index (κ2) is 7.29. The molecule has 0 amide bonds. The molecular weight excluding hydrogens is 372 g/mol. The van der Waals surface area contributed by atoms with Gasteiger partial charge in [-0.2, -0.15) is 5.10 Å². The molecule has 0 atom stereocenters. The maximum atomic E-state index is 13.3. The van der Waals surface area contributed by atoms with Gasteiger partial charge in [-0.05, 0) is 42.3 Å². The number of aromatic amines is 1. The number of hydrogen-bond acceptors (Lipinski definition) is 4. The van der Waals surface area contributed by atoms with E-state index in [1.165, 1.54) is 0 Å². The Kier molecular flexibility index (Phi) is 4.67. The Morgan fingerprint density at radius 1 is 1.07 bits per heavy atom. The van der Waals surface area contributed by atoms with Crippen molar-refractivity contribution in [2.45, 2.75) is 6.92 Å². The first-order valence-electron chi connectivity index (χ1n) is 8.70. The molecule has 138 valence electrons. The zero-order valence-corrected chi connectivity index (χ0v) is 15.9. The highest BCUT2D eigenvalue weighted by Crippen LogP contribution is 2.32. The number of nitrogens with one attached hydrogen (secondary N) is 1. The van der Waals surface area contributed by atoms with Gasteiger partial charge < -0.3 is 5.73 Å². The van der Waals surface area contributed by atoms with Gasteiger partial charge in [-0.1, -0.05) is 41.9 Å². The molecule has 6 heteroatoms. The number of H-pyrrole nitrogens is 1. The molecule has 0 spiro atoms. The molecule has 0 aliphatic carbocycles. The molecule has 28 heavy (non-hydrogen) atoms. The summed E-state index contributed by atoms with van der Waals surface area (Å²) in [6, 6.07) is 16.7. The van der Waals surface area contributed by atoms with Crippen LogP contribution in [0.15, 0.2) is 67.0 Å². The average molecular weight is 389 g/mol. The van der Waals surface area contributed by atoms with Gasteiger partial charge >= 0.3 is 0 Å². The molecule has 2 aromatic heterocycles. The highest BCUT2D eigenvalue weighted by molar-refractivity contribution is 6.30. The van der Waals surface area contributed by atoms with Crippen molar-refractivity contribution < 1.29 is 4.79 Å². The van der Waals surface area contributed by atoms with Crippen LogP contribution in [0.25, 0.3) is 22.4 Å². The van der Waals surface area contributed by atoms with Gasteiger partial charge in [0.15, 0.2) is 11.6 Å². The van der Waals surface area contributed by atoms with Crippen LogP contribution in [-0.2, 0) is 0 Å². The number of nitrogens with zero attached hydrogens (tertiary/aromatic N) is 2. The maximum Gasteiger partial charge on any atom is 0.199 e. The zero-order chi connectivity index (χ0) is 19.7. The molecule has 0 bridgehead atoms. The van der Waals surface area contributed by atoms with Crippen LogP contribution in [-0.4, -0.2) is 21.0 Å². The van der Waals surface area contributed by atoms with Crippen molar-refractivity contribution in [3.63, 3.8) is 0 Å². The largest absolute Gasteiger partial charge is 0.382 e. The molecule has 0 saturated carbocycles. The number of nitrogens with two attached hydrogens (primary N) is 1. The standard InChI is InChI=1S/C22H17ClN4O/c1-13-10-17(23)7-8-18(13)20-19(22(24)27-26-20)21(28)15-5-2-4-14(11-15)16-6-3-9-25-12-16/h2-12H,1H3,(H3,24,26,27). The van der Waals surface area contributed by atoms with Crippen LogP contribution < -0.4 is 5.73 Å². The number of hydrogen-bond donors (Lipinski definition) is 2. The summed E-state index contributed by atoms with van der Waals surface area (Å²) in [5.41, 5.74) is 11.1. The van der Waals surface area contributed by atoms with Crippen LogP contribution in [0.3, 0.4) is 0 Å². The lowest BCUT2D eigenvalue weighted by molar-refractivity contribution is 0.104. The van der Waals surface area contributed by atoms with Crippen molar-refractivity contribution in [3.8, 4) is 22.4 Å². The Morgan fingerprint density at radius 3 is 2.64 bits per heavy atom. The van der Waals surface area contributed by atoms with E-state index in [0.717, 1.165) is 22.3 Å². The molecule has 4 aromatic rings. The Labute approximate surface area is 167 Å². The topological polar surface area (TPSA) is 84.7 Å². The number of carbonyl (C=O) groups is 1. The Morgan fingerprint density at radius 2 is 1.89 bits per heavy atom. The van der Waals surface area contributed by atoms with Gasteiger partial charge in [-0.15, -0.1) is 0 Å². The zero-order valence-electron chi connectivity index (χ0n) is 15.1. The minimum atomic E-state index is -0.193. The fraction of sp³-hybridized carbons (Fsp3) is 0.0455. The van der Waals surface area contributed by atoms with E-state index in [0.29, 0.717) is 21.8 Å². The number of nitrogen functional groups attached to an aromatic ring is 1. The fourth-order valence-electron chi connectivity index (χ4n) is 3.21. The predicted octanol–water partition coefficient (Wildman–Crippen LogP) is 4.91. The van der Waals surface area contributed by atoms with Gasteiger partial charge in [0.1, 0.15) is 0 Å². The Bertz CT molecular complexity index is 1170. The maximum absolute atomic E-state index is 13.3. The molecule has 0 fully saturated rings. The number of aromatic nitrogens is 3. The molecule has 0 aliphatic heterocycles. The quantitative estimate of drug-likeness (QED) is 0.486. The highest BCUT2D eigenvalue weighted by atomic mass is 35.5. The number of halogens is 1. The van der Waals surface area contributed by atoms with E-state index >= 15 is 0 Å². The Hall–Kier alpha value is -3.44. The third-order valence-corrected chi connectivity index (χ3v) is 4.83. The summed E-state index contributed by atoms with van der Waals surface area (Å²) < 4.78 is 0. The Balaban J connectivity index is 1.79. The monoisotopic (exact) mass is 388 g/mol. The van der Waals surface area contributed by atoms with E-state index in [4.69, 9.17) is 17.3 Å². The van der Waals surface area contributed by atoms with Crippen LogP contribution in [0.5, 0.6) is 0 Å². The molecule has 2 aromatic carbocycles. The third-order valence-electron chi connectivity index (χ3n) is 4.60. The number of anilines is 1. The van der Waals surface area contributed by atoms with E-state index < -0.39 is 0 Å². The number of ketones is 1. The molecule has 0 aliphatic rings. The van der Waals surface area contributed by atoms with Crippen LogP contribution in [0.4, 0.5) is 5.82 Å². The summed E-state index contributed by atoms with van der Waals surface area (Å²) >= 11 is 6.06. The second-order valence-electron chi connectivity index (χ2n) is 6.47. The summed E-state index contributed by atoms with van der Waals surface area (Å²) in [6.45, 7) is 1.93. The number of carbonyl (C=O) groups excluding carboxylic acids is 1. The van der Waals surface area contributed by atoms with Crippen LogP contribution >= 0.6 is 11.6 Å². The molecule has 4 rings (SSSR count). The number of rotatable bonds is 4. The van der Waals surface area contributed by atoms with E-state index in [-0.39, 0.29) is 11.6 Å². The molecule has 5 nitrogen and oxygen atoms in total. The normalized spacial score (nSPS) is 10.8. The smallest absolute Gasteiger partial charge is 0.199 e. The van der Waals surface area contributed by atoms with Crippen molar-refractivity contribution in [1.29, 1.82) is 0 Å². The van der Waals surface area contributed by atoms with Gasteiger partial charge in [0.2, 0.25) is 0 Å². The van der Waals surface area contributed by atoms with Crippen molar-refractivity contribution in [1.82, 2.24) is 15.2 Å². The van der Waals surface area contributed by atoms with Crippen LogP contribution in [0.2, 0.25) is 5.02 Å². The van der Waals surface area contributed by atoms with E-state index in [1.54, 1.807) is 24.5 Å². The third kappa shape index (κ3) is 3.28. The lowest BCUT2D eigenvalue weighted by Gasteiger charge is -2.09. The molecule has 0 unspecified atom stereocenters. The summed E-state index contributed by atoms with van der Waals surface area (Å²) in [5.74, 6) is -0.0255. The minimum Gasteiger partial charge on any atom is -0.382 e. The second-order valence-corrected chi connectivity index (χ2v) is 6.91. The number of aryl methyl sites for hydroxylation is 1. The van der Waals surface area contributed by atoms with Gasteiger partial charge in [0.05, 0.1) is 11.3 Å². The number of benzene rings is 2. The molecule has 0 radical (unpaired) electrons. The summed E-state index contributed by atoms with van der Waals surface area (Å²) in [5, 5.41) is 7.60.